The van der Waals surface area contributed by atoms with Crippen LogP contribution in [-0.2, 0) is 9.84 Å². The normalized spacial score (nSPS) is 11.6. The Bertz CT molecular complexity index is 958. The summed E-state index contributed by atoms with van der Waals surface area (Å²) >= 11 is 4.43. The Labute approximate surface area is 156 Å². The van der Waals surface area contributed by atoms with Gasteiger partial charge in [0.25, 0.3) is 5.22 Å². The summed E-state index contributed by atoms with van der Waals surface area (Å²) in [5.41, 5.74) is 0.600. The molecular formula is C16H12BrFN2O3S2. The lowest BCUT2D eigenvalue weighted by Gasteiger charge is -2.03. The van der Waals surface area contributed by atoms with E-state index in [2.05, 4.69) is 26.1 Å². The van der Waals surface area contributed by atoms with Gasteiger partial charge in [-0.15, -0.1) is 10.2 Å². The minimum Gasteiger partial charge on any atom is -0.411 e. The van der Waals surface area contributed by atoms with Crippen LogP contribution in [-0.4, -0.2) is 30.1 Å². The molecular weight excluding hydrogens is 431 g/mol. The zero-order chi connectivity index (χ0) is 17.9. The van der Waals surface area contributed by atoms with E-state index in [1.807, 2.05) is 0 Å². The van der Waals surface area contributed by atoms with Crippen molar-refractivity contribution in [2.75, 3.05) is 11.5 Å². The van der Waals surface area contributed by atoms with Crippen LogP contribution >= 0.6 is 27.7 Å². The average Bonchev–Trinajstić information content (AvgIpc) is 3.04. The maximum Gasteiger partial charge on any atom is 0.276 e. The SMILES string of the molecule is O=S(=O)(CCSc1nnc(-c2ccc(F)cc2)o1)c1ccc(Br)cc1. The molecule has 0 unspecified atom stereocenters. The molecule has 0 spiro atoms. The fourth-order valence-corrected chi connectivity index (χ4v) is 4.65. The van der Waals surface area contributed by atoms with Gasteiger partial charge in [0, 0.05) is 15.8 Å². The van der Waals surface area contributed by atoms with Crippen molar-refractivity contribution in [3.8, 4) is 11.5 Å². The highest BCUT2D eigenvalue weighted by atomic mass is 79.9. The highest BCUT2D eigenvalue weighted by molar-refractivity contribution is 9.10. The first-order valence-corrected chi connectivity index (χ1v) is 10.6. The highest BCUT2D eigenvalue weighted by Crippen LogP contribution is 2.24. The lowest BCUT2D eigenvalue weighted by Crippen LogP contribution is -2.08. The lowest BCUT2D eigenvalue weighted by molar-refractivity contribution is 0.466. The second-order valence-corrected chi connectivity index (χ2v) is 9.07. The van der Waals surface area contributed by atoms with Crippen molar-refractivity contribution < 1.29 is 17.2 Å². The van der Waals surface area contributed by atoms with Gasteiger partial charge < -0.3 is 4.42 Å². The second kappa shape index (κ2) is 7.67. The minimum atomic E-state index is -3.37. The maximum atomic E-state index is 12.9. The summed E-state index contributed by atoms with van der Waals surface area (Å²) in [4.78, 5) is 0.272. The van der Waals surface area contributed by atoms with Crippen molar-refractivity contribution >= 4 is 37.5 Å². The van der Waals surface area contributed by atoms with E-state index in [4.69, 9.17) is 4.42 Å². The number of aromatic nitrogens is 2. The zero-order valence-electron chi connectivity index (χ0n) is 12.7. The summed E-state index contributed by atoms with van der Waals surface area (Å²) in [6, 6.07) is 12.2. The third-order valence-corrected chi connectivity index (χ3v) is 6.59. The first-order valence-electron chi connectivity index (χ1n) is 7.15. The lowest BCUT2D eigenvalue weighted by atomic mass is 10.2. The molecule has 0 saturated carbocycles. The number of thioether (sulfide) groups is 1. The topological polar surface area (TPSA) is 73.1 Å². The number of nitrogens with zero attached hydrogens (tertiary/aromatic N) is 2. The monoisotopic (exact) mass is 442 g/mol. The van der Waals surface area contributed by atoms with Crippen LogP contribution in [0.1, 0.15) is 0 Å². The molecule has 0 aliphatic carbocycles. The molecule has 0 atom stereocenters. The summed E-state index contributed by atoms with van der Waals surface area (Å²) in [6.45, 7) is 0. The molecule has 0 aliphatic heterocycles. The molecule has 130 valence electrons. The predicted molar refractivity (Wildman–Crippen MR) is 96.6 cm³/mol. The van der Waals surface area contributed by atoms with Crippen molar-refractivity contribution in [2.45, 2.75) is 10.1 Å². The van der Waals surface area contributed by atoms with Crippen molar-refractivity contribution in [3.05, 3.63) is 58.8 Å². The van der Waals surface area contributed by atoms with Crippen LogP contribution in [0.2, 0.25) is 0 Å². The van der Waals surface area contributed by atoms with Gasteiger partial charge in [0.2, 0.25) is 5.89 Å². The van der Waals surface area contributed by atoms with E-state index in [-0.39, 0.29) is 33.3 Å². The third kappa shape index (κ3) is 4.68. The molecule has 0 radical (unpaired) electrons. The summed E-state index contributed by atoms with van der Waals surface area (Å²) in [6.07, 6.45) is 0. The first kappa shape index (κ1) is 18.1. The fraction of sp³-hybridized carbons (Fsp3) is 0.125. The number of hydrogen-bond acceptors (Lipinski definition) is 6. The first-order chi connectivity index (χ1) is 11.9. The van der Waals surface area contributed by atoms with Crippen LogP contribution in [0.25, 0.3) is 11.5 Å². The van der Waals surface area contributed by atoms with Crippen LogP contribution in [0.15, 0.2) is 67.5 Å². The number of halogens is 2. The van der Waals surface area contributed by atoms with E-state index in [9.17, 15) is 12.8 Å². The molecule has 0 bridgehead atoms. The van der Waals surface area contributed by atoms with E-state index >= 15 is 0 Å². The molecule has 3 rings (SSSR count). The Hall–Kier alpha value is -1.71. The van der Waals surface area contributed by atoms with E-state index in [0.717, 1.165) is 16.2 Å². The second-order valence-electron chi connectivity index (χ2n) is 5.00. The Morgan fingerprint density at radius 2 is 1.72 bits per heavy atom. The van der Waals surface area contributed by atoms with E-state index in [1.165, 1.54) is 24.3 Å². The molecule has 25 heavy (non-hydrogen) atoms. The van der Waals surface area contributed by atoms with Crippen molar-refractivity contribution in [3.63, 3.8) is 0 Å². The summed E-state index contributed by atoms with van der Waals surface area (Å²) in [5, 5.41) is 8.02. The minimum absolute atomic E-state index is 0.0481. The Kier molecular flexibility index (Phi) is 5.55. The highest BCUT2D eigenvalue weighted by Gasteiger charge is 2.16. The quantitative estimate of drug-likeness (QED) is 0.532. The summed E-state index contributed by atoms with van der Waals surface area (Å²) in [5.74, 6) is 0.145. The predicted octanol–water partition coefficient (Wildman–Crippen LogP) is 4.20. The van der Waals surface area contributed by atoms with Gasteiger partial charge in [-0.25, -0.2) is 12.8 Å². The average molecular weight is 443 g/mol. The number of hydrogen-bond donors (Lipinski definition) is 0. The van der Waals surface area contributed by atoms with E-state index < -0.39 is 9.84 Å². The smallest absolute Gasteiger partial charge is 0.276 e. The van der Waals surface area contributed by atoms with Crippen molar-refractivity contribution in [2.24, 2.45) is 0 Å². The van der Waals surface area contributed by atoms with Gasteiger partial charge in [0.1, 0.15) is 5.82 Å². The molecule has 1 heterocycles. The molecule has 3 aromatic rings. The van der Waals surface area contributed by atoms with Gasteiger partial charge in [0.15, 0.2) is 9.84 Å². The molecule has 1 aromatic heterocycles. The Morgan fingerprint density at radius 3 is 2.40 bits per heavy atom. The molecule has 2 aromatic carbocycles. The summed E-state index contributed by atoms with van der Waals surface area (Å²) < 4.78 is 43.7. The van der Waals surface area contributed by atoms with Crippen molar-refractivity contribution in [1.29, 1.82) is 0 Å². The van der Waals surface area contributed by atoms with Gasteiger partial charge in [0.05, 0.1) is 10.6 Å². The molecule has 5 nitrogen and oxygen atoms in total. The molecule has 0 fully saturated rings. The molecule has 9 heteroatoms. The van der Waals surface area contributed by atoms with Crippen molar-refractivity contribution in [1.82, 2.24) is 10.2 Å². The zero-order valence-corrected chi connectivity index (χ0v) is 15.9. The Balaban J connectivity index is 1.61. The van der Waals surface area contributed by atoms with Crippen LogP contribution in [0.4, 0.5) is 4.39 Å². The largest absolute Gasteiger partial charge is 0.411 e. The van der Waals surface area contributed by atoms with Crippen LogP contribution < -0.4 is 0 Å². The number of rotatable bonds is 6. The molecule has 0 saturated heterocycles. The molecule has 0 aliphatic rings. The summed E-state index contributed by atoms with van der Waals surface area (Å²) in [7, 11) is -3.37. The van der Waals surface area contributed by atoms with Gasteiger partial charge >= 0.3 is 0 Å². The van der Waals surface area contributed by atoms with E-state index in [0.29, 0.717) is 5.56 Å². The standard InChI is InChI=1S/C16H12BrFN2O3S2/c17-12-3-7-14(8-4-12)25(21,22)10-9-24-16-20-19-15(23-16)11-1-5-13(18)6-2-11/h1-8H,9-10H2. The number of sulfone groups is 1. The van der Waals surface area contributed by atoms with Gasteiger partial charge in [-0.05, 0) is 48.5 Å². The molecule has 0 N–H and O–H groups in total. The fourth-order valence-electron chi connectivity index (χ4n) is 1.98. The van der Waals surface area contributed by atoms with Gasteiger partial charge in [-0.3, -0.25) is 0 Å². The van der Waals surface area contributed by atoms with Gasteiger partial charge in [-0.1, -0.05) is 27.7 Å². The third-order valence-electron chi connectivity index (χ3n) is 3.25. The van der Waals surface area contributed by atoms with Crippen LogP contribution in [0, 0.1) is 5.82 Å². The number of benzene rings is 2. The maximum absolute atomic E-state index is 12.9. The van der Waals surface area contributed by atoms with Crippen LogP contribution in [0.5, 0.6) is 0 Å². The molecule has 0 amide bonds. The Morgan fingerprint density at radius 1 is 1.04 bits per heavy atom. The van der Waals surface area contributed by atoms with Gasteiger partial charge in [-0.2, -0.15) is 0 Å². The van der Waals surface area contributed by atoms with E-state index in [1.54, 1.807) is 24.3 Å². The van der Waals surface area contributed by atoms with Crippen LogP contribution in [0.3, 0.4) is 0 Å².